The van der Waals surface area contributed by atoms with E-state index in [1.807, 2.05) is 30.3 Å². The number of aliphatic hydroxyl groups is 1. The lowest BCUT2D eigenvalue weighted by Crippen LogP contribution is -2.23. The Morgan fingerprint density at radius 2 is 1.80 bits per heavy atom. The summed E-state index contributed by atoms with van der Waals surface area (Å²) in [6.45, 7) is 1.61. The largest absolute Gasteiger partial charge is 0.381 e. The third-order valence-corrected chi connectivity index (χ3v) is 3.42. The zero-order valence-corrected chi connectivity index (χ0v) is 10.9. The van der Waals surface area contributed by atoms with Crippen molar-refractivity contribution < 1.29 is 9.50 Å². The third-order valence-electron chi connectivity index (χ3n) is 3.42. The van der Waals surface area contributed by atoms with Gasteiger partial charge < -0.3 is 5.11 Å². The van der Waals surface area contributed by atoms with Crippen LogP contribution >= 0.6 is 0 Å². The molecule has 1 unspecified atom stereocenters. The van der Waals surface area contributed by atoms with Gasteiger partial charge in [0.15, 0.2) is 0 Å². The van der Waals surface area contributed by atoms with E-state index in [9.17, 15) is 9.50 Å². The van der Waals surface area contributed by atoms with E-state index < -0.39 is 11.4 Å². The first-order chi connectivity index (χ1) is 9.57. The molecule has 100 valence electrons. The Morgan fingerprint density at radius 1 is 1.05 bits per heavy atom. The van der Waals surface area contributed by atoms with Crippen molar-refractivity contribution in [3.63, 3.8) is 0 Å². The Hall–Kier alpha value is -2.33. The van der Waals surface area contributed by atoms with E-state index in [2.05, 4.69) is 9.97 Å². The maximum absolute atomic E-state index is 13.3. The van der Waals surface area contributed by atoms with Crippen LogP contribution in [0.4, 0.5) is 4.39 Å². The molecule has 1 aromatic carbocycles. The number of pyridine rings is 2. The summed E-state index contributed by atoms with van der Waals surface area (Å²) in [4.78, 5) is 8.10. The second-order valence-electron chi connectivity index (χ2n) is 4.88. The molecule has 2 heterocycles. The molecule has 0 aliphatic rings. The summed E-state index contributed by atoms with van der Waals surface area (Å²) in [5, 5.41) is 11.6. The summed E-state index contributed by atoms with van der Waals surface area (Å²) in [6, 6.07) is 10.8. The summed E-state index contributed by atoms with van der Waals surface area (Å²) >= 11 is 0. The molecule has 1 N–H and O–H groups in total. The lowest BCUT2D eigenvalue weighted by atomic mass is 9.90. The second-order valence-corrected chi connectivity index (χ2v) is 4.88. The van der Waals surface area contributed by atoms with Gasteiger partial charge in [-0.3, -0.25) is 9.97 Å². The predicted octanol–water partition coefficient (Wildman–Crippen LogP) is 3.02. The molecule has 3 rings (SSSR count). The molecule has 0 bridgehead atoms. The van der Waals surface area contributed by atoms with E-state index in [4.69, 9.17) is 0 Å². The van der Waals surface area contributed by atoms with Crippen LogP contribution < -0.4 is 0 Å². The predicted molar refractivity (Wildman–Crippen MR) is 74.6 cm³/mol. The van der Waals surface area contributed by atoms with Crippen molar-refractivity contribution in [2.75, 3.05) is 0 Å². The van der Waals surface area contributed by atoms with Crippen molar-refractivity contribution in [1.29, 1.82) is 0 Å². The van der Waals surface area contributed by atoms with Gasteiger partial charge in [-0.2, -0.15) is 0 Å². The van der Waals surface area contributed by atoms with Gasteiger partial charge in [0.2, 0.25) is 0 Å². The van der Waals surface area contributed by atoms with E-state index >= 15 is 0 Å². The van der Waals surface area contributed by atoms with Gasteiger partial charge in [-0.05, 0) is 25.1 Å². The molecule has 3 nitrogen and oxygen atoms in total. The highest BCUT2D eigenvalue weighted by molar-refractivity contribution is 5.79. The first kappa shape index (κ1) is 12.7. The number of nitrogens with zero attached hydrogens (tertiary/aromatic N) is 2. The fourth-order valence-corrected chi connectivity index (χ4v) is 2.18. The number of fused-ring (bicyclic) bond motifs is 1. The zero-order valence-electron chi connectivity index (χ0n) is 10.9. The van der Waals surface area contributed by atoms with Crippen LogP contribution in [0.1, 0.15) is 18.1 Å². The van der Waals surface area contributed by atoms with Crippen LogP contribution in [0, 0.1) is 5.82 Å². The number of hydrogen-bond acceptors (Lipinski definition) is 3. The summed E-state index contributed by atoms with van der Waals surface area (Å²) in [6.07, 6.45) is 4.17. The summed E-state index contributed by atoms with van der Waals surface area (Å²) < 4.78 is 13.3. The molecule has 4 heteroatoms. The van der Waals surface area contributed by atoms with Crippen LogP contribution in [0.25, 0.3) is 10.9 Å². The van der Waals surface area contributed by atoms with Gasteiger partial charge in [0.05, 0.1) is 11.7 Å². The van der Waals surface area contributed by atoms with Crippen molar-refractivity contribution in [2.24, 2.45) is 0 Å². The van der Waals surface area contributed by atoms with Gasteiger partial charge in [0.1, 0.15) is 11.4 Å². The van der Waals surface area contributed by atoms with Gasteiger partial charge in [-0.25, -0.2) is 4.39 Å². The van der Waals surface area contributed by atoms with Crippen LogP contribution in [0.3, 0.4) is 0 Å². The van der Waals surface area contributed by atoms with E-state index in [1.54, 1.807) is 13.1 Å². The third kappa shape index (κ3) is 2.14. The second kappa shape index (κ2) is 4.65. The van der Waals surface area contributed by atoms with Gasteiger partial charge in [0, 0.05) is 28.9 Å². The molecule has 0 radical (unpaired) electrons. The van der Waals surface area contributed by atoms with Crippen LogP contribution in [0.5, 0.6) is 0 Å². The van der Waals surface area contributed by atoms with Crippen molar-refractivity contribution in [1.82, 2.24) is 9.97 Å². The minimum atomic E-state index is -1.34. The fraction of sp³-hybridized carbons (Fsp3) is 0.125. The van der Waals surface area contributed by atoms with Gasteiger partial charge in [-0.1, -0.05) is 18.2 Å². The van der Waals surface area contributed by atoms with E-state index in [0.717, 1.165) is 17.1 Å². The zero-order chi connectivity index (χ0) is 14.2. The molecule has 3 aromatic rings. The number of halogens is 1. The van der Waals surface area contributed by atoms with Gasteiger partial charge in [-0.15, -0.1) is 0 Å². The first-order valence-electron chi connectivity index (χ1n) is 6.26. The Labute approximate surface area is 115 Å². The number of aromatic nitrogens is 2. The molecular formula is C16H13FN2O. The molecule has 0 fully saturated rings. The first-order valence-corrected chi connectivity index (χ1v) is 6.26. The molecule has 0 aliphatic carbocycles. The molecule has 2 aromatic heterocycles. The van der Waals surface area contributed by atoms with Crippen molar-refractivity contribution in [3.8, 4) is 0 Å². The minimum absolute atomic E-state index is 0.398. The van der Waals surface area contributed by atoms with Crippen LogP contribution in [0.15, 0.2) is 55.0 Å². The highest BCUT2D eigenvalue weighted by atomic mass is 19.1. The highest BCUT2D eigenvalue weighted by Crippen LogP contribution is 2.30. The topological polar surface area (TPSA) is 46.0 Å². The molecule has 20 heavy (non-hydrogen) atoms. The lowest BCUT2D eigenvalue weighted by Gasteiger charge is -2.24. The van der Waals surface area contributed by atoms with Crippen LogP contribution in [0.2, 0.25) is 0 Å². The average Bonchev–Trinajstić information content (AvgIpc) is 2.46. The van der Waals surface area contributed by atoms with E-state index in [1.165, 1.54) is 12.3 Å². The maximum atomic E-state index is 13.3. The molecule has 0 saturated heterocycles. The Bertz CT molecular complexity index is 771. The standard InChI is InChI=1S/C16H13FN2O/c1-16(20,13-7-14(17)10-18-8-13)12-6-11-4-2-3-5-15(11)19-9-12/h2-10,20H,1H3. The van der Waals surface area contributed by atoms with E-state index in [0.29, 0.717) is 11.1 Å². The Kier molecular flexibility index (Phi) is 2.95. The highest BCUT2D eigenvalue weighted by Gasteiger charge is 2.27. The minimum Gasteiger partial charge on any atom is -0.381 e. The quantitative estimate of drug-likeness (QED) is 0.777. The summed E-state index contributed by atoms with van der Waals surface area (Å²) in [7, 11) is 0. The smallest absolute Gasteiger partial charge is 0.141 e. The SMILES string of the molecule is CC(O)(c1cncc(F)c1)c1cnc2ccccc2c1. The number of hydrogen-bond donors (Lipinski definition) is 1. The molecular weight excluding hydrogens is 255 g/mol. The summed E-state index contributed by atoms with van der Waals surface area (Å²) in [5.74, 6) is -0.475. The molecule has 0 amide bonds. The number of para-hydroxylation sites is 1. The van der Waals surface area contributed by atoms with Crippen LogP contribution in [-0.2, 0) is 5.60 Å². The van der Waals surface area contributed by atoms with Crippen molar-refractivity contribution >= 4 is 10.9 Å². The summed E-state index contributed by atoms with van der Waals surface area (Å²) in [5.41, 5.74) is 0.508. The monoisotopic (exact) mass is 268 g/mol. The Morgan fingerprint density at radius 3 is 2.60 bits per heavy atom. The Balaban J connectivity index is 2.13. The fourth-order valence-electron chi connectivity index (χ4n) is 2.18. The molecule has 1 atom stereocenters. The normalized spacial score (nSPS) is 14.2. The molecule has 0 saturated carbocycles. The van der Waals surface area contributed by atoms with Gasteiger partial charge >= 0.3 is 0 Å². The maximum Gasteiger partial charge on any atom is 0.141 e. The van der Waals surface area contributed by atoms with Crippen molar-refractivity contribution in [2.45, 2.75) is 12.5 Å². The van der Waals surface area contributed by atoms with E-state index in [-0.39, 0.29) is 0 Å². The average molecular weight is 268 g/mol. The van der Waals surface area contributed by atoms with Gasteiger partial charge in [0.25, 0.3) is 0 Å². The molecule has 0 spiro atoms. The number of rotatable bonds is 2. The van der Waals surface area contributed by atoms with Crippen LogP contribution in [-0.4, -0.2) is 15.1 Å². The number of benzene rings is 1. The van der Waals surface area contributed by atoms with Crippen molar-refractivity contribution in [3.05, 3.63) is 71.9 Å². The lowest BCUT2D eigenvalue weighted by molar-refractivity contribution is 0.101. The molecule has 0 aliphatic heterocycles.